The molecule has 0 aliphatic rings. The van der Waals surface area contributed by atoms with Crippen LogP contribution in [0, 0.1) is 10.8 Å². The van der Waals surface area contributed by atoms with E-state index in [1.54, 1.807) is 77.9 Å². The summed E-state index contributed by atoms with van der Waals surface area (Å²) in [6, 6.07) is 13.0. The molecule has 0 saturated carbocycles. The summed E-state index contributed by atoms with van der Waals surface area (Å²) in [6.07, 6.45) is -0.0632. The average molecular weight is 528 g/mol. The first-order valence-electron chi connectivity index (χ1n) is 12.2. The molecule has 2 aromatic carbocycles. The summed E-state index contributed by atoms with van der Waals surface area (Å²) in [4.78, 5) is 50.1. The fourth-order valence-corrected chi connectivity index (χ4v) is 3.15. The summed E-state index contributed by atoms with van der Waals surface area (Å²) in [6.45, 7) is 10.1. The lowest BCUT2D eigenvalue weighted by molar-refractivity contribution is -0.148. The van der Waals surface area contributed by atoms with Gasteiger partial charge in [0, 0.05) is 12.8 Å². The Morgan fingerprint density at radius 2 is 1.32 bits per heavy atom. The van der Waals surface area contributed by atoms with Crippen molar-refractivity contribution in [2.45, 2.75) is 59.9 Å². The van der Waals surface area contributed by atoms with Crippen molar-refractivity contribution < 1.29 is 38.1 Å². The largest absolute Gasteiger partial charge is 0.468 e. The number of nitrogens with two attached hydrogens (primary N) is 1. The molecule has 0 unspecified atom stereocenters. The molecule has 1 atom stereocenters. The number of carbonyl (C=O) groups excluding carboxylic acids is 4. The second kappa shape index (κ2) is 12.2. The Labute approximate surface area is 223 Å². The van der Waals surface area contributed by atoms with Gasteiger partial charge >= 0.3 is 23.9 Å². The Kier molecular flexibility index (Phi) is 9.81. The first-order valence-corrected chi connectivity index (χ1v) is 12.2. The highest BCUT2D eigenvalue weighted by atomic mass is 16.6. The molecule has 0 fully saturated rings. The molecule has 0 heterocycles. The predicted octanol–water partition coefficient (Wildman–Crippen LogP) is 4.25. The highest BCUT2D eigenvalue weighted by molar-refractivity contribution is 5.89. The highest BCUT2D eigenvalue weighted by Gasteiger charge is 2.36. The Morgan fingerprint density at radius 3 is 1.84 bits per heavy atom. The van der Waals surface area contributed by atoms with Gasteiger partial charge in [0.15, 0.2) is 11.5 Å². The van der Waals surface area contributed by atoms with Crippen molar-refractivity contribution in [2.24, 2.45) is 16.6 Å². The van der Waals surface area contributed by atoms with E-state index >= 15 is 0 Å². The third-order valence-electron chi connectivity index (χ3n) is 5.54. The van der Waals surface area contributed by atoms with Gasteiger partial charge in [-0.1, -0.05) is 24.3 Å². The lowest BCUT2D eigenvalue weighted by Gasteiger charge is -2.27. The molecule has 0 aliphatic heterocycles. The molecule has 38 heavy (non-hydrogen) atoms. The van der Waals surface area contributed by atoms with Crippen molar-refractivity contribution in [2.75, 3.05) is 13.7 Å². The summed E-state index contributed by atoms with van der Waals surface area (Å²) < 4.78 is 21.3. The van der Waals surface area contributed by atoms with Crippen LogP contribution in [0.1, 0.15) is 63.9 Å². The molecule has 2 rings (SSSR count). The monoisotopic (exact) mass is 527 g/mol. The van der Waals surface area contributed by atoms with Crippen molar-refractivity contribution >= 4 is 23.9 Å². The second-order valence-electron chi connectivity index (χ2n) is 11.1. The zero-order valence-electron chi connectivity index (χ0n) is 23.1. The first-order chi connectivity index (χ1) is 17.6. The van der Waals surface area contributed by atoms with E-state index in [1.807, 2.05) is 0 Å². The molecule has 2 aromatic rings. The molecule has 206 valence electrons. The van der Waals surface area contributed by atoms with Crippen LogP contribution >= 0.6 is 0 Å². The number of carbonyl (C=O) groups is 4. The number of esters is 4. The number of benzene rings is 2. The van der Waals surface area contributed by atoms with Gasteiger partial charge in [0.2, 0.25) is 0 Å². The van der Waals surface area contributed by atoms with Crippen molar-refractivity contribution in [3.8, 4) is 11.5 Å². The quantitative estimate of drug-likeness (QED) is 0.375. The van der Waals surface area contributed by atoms with Gasteiger partial charge in [0.05, 0.1) is 30.1 Å². The van der Waals surface area contributed by atoms with E-state index in [1.165, 1.54) is 19.2 Å². The molecular weight excluding hydrogens is 490 g/mol. The van der Waals surface area contributed by atoms with Crippen LogP contribution in [0.2, 0.25) is 0 Å². The SMILES string of the molecule is COC(=O)[C@@](N)(CCOC(=O)c1ccccc1)Cc1ccc(OC(=O)C(C)(C)C)c(OC(=O)C(C)(C)C)c1. The molecule has 0 bridgehead atoms. The van der Waals surface area contributed by atoms with Crippen LogP contribution in [0.15, 0.2) is 48.5 Å². The van der Waals surface area contributed by atoms with Gasteiger partial charge in [0.1, 0.15) is 5.54 Å². The van der Waals surface area contributed by atoms with Crippen molar-refractivity contribution in [3.05, 3.63) is 59.7 Å². The van der Waals surface area contributed by atoms with E-state index in [4.69, 9.17) is 24.7 Å². The molecule has 0 spiro atoms. The van der Waals surface area contributed by atoms with Crippen LogP contribution in [-0.2, 0) is 30.3 Å². The fourth-order valence-electron chi connectivity index (χ4n) is 3.15. The van der Waals surface area contributed by atoms with Gasteiger partial charge in [-0.05, 0) is 71.4 Å². The first kappa shape index (κ1) is 30.5. The molecule has 0 aromatic heterocycles. The summed E-state index contributed by atoms with van der Waals surface area (Å²) >= 11 is 0. The Balaban J connectivity index is 2.30. The maximum absolute atomic E-state index is 12.7. The number of hydrogen-bond donors (Lipinski definition) is 1. The molecule has 0 amide bonds. The summed E-state index contributed by atoms with van der Waals surface area (Å²) in [5, 5.41) is 0. The zero-order chi connectivity index (χ0) is 28.7. The molecule has 2 N–H and O–H groups in total. The van der Waals surface area contributed by atoms with E-state index in [0.29, 0.717) is 11.1 Å². The Morgan fingerprint density at radius 1 is 0.763 bits per heavy atom. The van der Waals surface area contributed by atoms with Crippen molar-refractivity contribution in [3.63, 3.8) is 0 Å². The van der Waals surface area contributed by atoms with Crippen LogP contribution in [-0.4, -0.2) is 43.1 Å². The van der Waals surface area contributed by atoms with Crippen molar-refractivity contribution in [1.82, 2.24) is 0 Å². The normalized spacial score (nSPS) is 13.2. The third-order valence-corrected chi connectivity index (χ3v) is 5.54. The summed E-state index contributed by atoms with van der Waals surface area (Å²) in [5.41, 5.74) is 4.16. The Hall–Kier alpha value is -3.72. The van der Waals surface area contributed by atoms with E-state index in [0.717, 1.165) is 0 Å². The van der Waals surface area contributed by atoms with E-state index in [2.05, 4.69) is 0 Å². The van der Waals surface area contributed by atoms with Gasteiger partial charge in [-0.25, -0.2) is 4.79 Å². The van der Waals surface area contributed by atoms with Gasteiger partial charge in [0.25, 0.3) is 0 Å². The van der Waals surface area contributed by atoms with Crippen LogP contribution < -0.4 is 15.2 Å². The van der Waals surface area contributed by atoms with Crippen LogP contribution in [0.25, 0.3) is 0 Å². The average Bonchev–Trinajstić information content (AvgIpc) is 2.84. The van der Waals surface area contributed by atoms with Gasteiger partial charge in [-0.2, -0.15) is 0 Å². The molecule has 9 nitrogen and oxygen atoms in total. The van der Waals surface area contributed by atoms with E-state index in [9.17, 15) is 19.2 Å². The second-order valence-corrected chi connectivity index (χ2v) is 11.1. The molecule has 0 radical (unpaired) electrons. The molecular formula is C29H37NO8. The van der Waals surface area contributed by atoms with Gasteiger partial charge < -0.3 is 24.7 Å². The van der Waals surface area contributed by atoms with Gasteiger partial charge in [-0.3, -0.25) is 14.4 Å². The fraction of sp³-hybridized carbons (Fsp3) is 0.448. The molecule has 9 heteroatoms. The summed E-state index contributed by atoms with van der Waals surface area (Å²) in [7, 11) is 1.21. The minimum absolute atomic E-state index is 0.0164. The number of ether oxygens (including phenoxy) is 4. The topological polar surface area (TPSA) is 131 Å². The molecule has 0 saturated heterocycles. The predicted molar refractivity (Wildman–Crippen MR) is 141 cm³/mol. The molecule has 0 aliphatic carbocycles. The van der Waals surface area contributed by atoms with Crippen LogP contribution in [0.3, 0.4) is 0 Å². The summed E-state index contributed by atoms with van der Waals surface area (Å²) in [5.74, 6) is -2.22. The standard InChI is InChI=1S/C29H37NO8/c1-27(2,3)24(32)37-21-14-13-19(17-22(21)38-25(33)28(4,5)6)18-29(30,26(34)35-7)15-16-36-23(31)20-11-9-8-10-12-20/h8-14,17H,15-16,18,30H2,1-7H3/t29-/m1/s1. The highest BCUT2D eigenvalue weighted by Crippen LogP contribution is 2.34. The lowest BCUT2D eigenvalue weighted by Crippen LogP contribution is -2.51. The lowest BCUT2D eigenvalue weighted by atomic mass is 9.88. The van der Waals surface area contributed by atoms with E-state index in [-0.39, 0.29) is 30.9 Å². The minimum Gasteiger partial charge on any atom is -0.468 e. The van der Waals surface area contributed by atoms with Crippen molar-refractivity contribution in [1.29, 1.82) is 0 Å². The number of methoxy groups -OCH3 is 1. The smallest absolute Gasteiger partial charge is 0.338 e. The maximum Gasteiger partial charge on any atom is 0.338 e. The van der Waals surface area contributed by atoms with Gasteiger partial charge in [-0.15, -0.1) is 0 Å². The van der Waals surface area contributed by atoms with Crippen LogP contribution in [0.5, 0.6) is 11.5 Å². The zero-order valence-corrected chi connectivity index (χ0v) is 23.1. The maximum atomic E-state index is 12.7. The van der Waals surface area contributed by atoms with E-state index < -0.39 is 40.2 Å². The third kappa shape index (κ3) is 8.41. The van der Waals surface area contributed by atoms with Crippen LogP contribution in [0.4, 0.5) is 0 Å². The minimum atomic E-state index is -1.55. The number of rotatable bonds is 9. The number of hydrogen-bond acceptors (Lipinski definition) is 9. The Bertz CT molecular complexity index is 1160.